The smallest absolute Gasteiger partial charge is 0.0787 e. The van der Waals surface area contributed by atoms with Gasteiger partial charge in [0, 0.05) is 18.8 Å². The molecule has 2 aromatic rings. The van der Waals surface area contributed by atoms with Gasteiger partial charge in [0.2, 0.25) is 0 Å². The van der Waals surface area contributed by atoms with Gasteiger partial charge < -0.3 is 15.1 Å². The lowest BCUT2D eigenvalue weighted by molar-refractivity contribution is 0.173. The highest BCUT2D eigenvalue weighted by Crippen LogP contribution is 2.22. The minimum absolute atomic E-state index is 0.117. The highest BCUT2D eigenvalue weighted by Gasteiger charge is 2.09. The second kappa shape index (κ2) is 7.81. The first kappa shape index (κ1) is 15.5. The van der Waals surface area contributed by atoms with Crippen LogP contribution in [-0.2, 0) is 6.54 Å². The molecule has 0 bridgehead atoms. The van der Waals surface area contributed by atoms with Crippen LogP contribution in [0.3, 0.4) is 0 Å². The Morgan fingerprint density at radius 1 is 1.00 bits per heavy atom. The number of aliphatic hydroxyl groups is 2. The number of hydrogen-bond acceptors (Lipinski definition) is 3. The number of hydrogen-bond donors (Lipinski definition) is 2. The van der Waals surface area contributed by atoms with E-state index in [0.29, 0.717) is 13.0 Å². The Hall–Kier alpha value is -1.84. The molecule has 0 heterocycles. The average Bonchev–Trinajstić information content (AvgIpc) is 2.55. The van der Waals surface area contributed by atoms with Crippen LogP contribution < -0.4 is 4.90 Å². The van der Waals surface area contributed by atoms with Gasteiger partial charge in [-0.15, -0.1) is 0 Å². The summed E-state index contributed by atoms with van der Waals surface area (Å²) in [6, 6.07) is 18.1. The number of rotatable bonds is 7. The second-order valence-corrected chi connectivity index (χ2v) is 5.15. The summed E-state index contributed by atoms with van der Waals surface area (Å²) in [5.74, 6) is 0. The Morgan fingerprint density at radius 3 is 2.24 bits per heavy atom. The summed E-state index contributed by atoms with van der Waals surface area (Å²) < 4.78 is 0. The van der Waals surface area contributed by atoms with E-state index >= 15 is 0 Å². The number of benzene rings is 2. The summed E-state index contributed by atoms with van der Waals surface area (Å²) in [4.78, 5) is 2.14. The van der Waals surface area contributed by atoms with E-state index in [0.717, 1.165) is 17.8 Å². The molecule has 0 radical (unpaired) electrons. The number of nitrogens with zero attached hydrogens (tertiary/aromatic N) is 1. The van der Waals surface area contributed by atoms with E-state index in [-0.39, 0.29) is 6.61 Å². The van der Waals surface area contributed by atoms with Crippen molar-refractivity contribution in [1.29, 1.82) is 0 Å². The summed E-state index contributed by atoms with van der Waals surface area (Å²) >= 11 is 0. The van der Waals surface area contributed by atoms with Crippen molar-refractivity contribution in [2.75, 3.05) is 18.1 Å². The summed E-state index contributed by atoms with van der Waals surface area (Å²) in [6.07, 6.45) is 0.309. The summed E-state index contributed by atoms with van der Waals surface area (Å²) in [6.45, 7) is 3.43. The molecule has 2 N–H and O–H groups in total. The van der Waals surface area contributed by atoms with Crippen molar-refractivity contribution in [3.05, 3.63) is 65.7 Å². The molecule has 21 heavy (non-hydrogen) atoms. The van der Waals surface area contributed by atoms with Gasteiger partial charge in [0.1, 0.15) is 0 Å². The molecule has 0 saturated heterocycles. The highest BCUT2D eigenvalue weighted by atomic mass is 16.3. The fourth-order valence-corrected chi connectivity index (χ4v) is 2.37. The Labute approximate surface area is 126 Å². The van der Waals surface area contributed by atoms with Gasteiger partial charge >= 0.3 is 0 Å². The van der Waals surface area contributed by atoms with Crippen molar-refractivity contribution in [2.45, 2.75) is 26.0 Å². The first-order chi connectivity index (χ1) is 10.2. The van der Waals surface area contributed by atoms with Crippen LogP contribution in [0.2, 0.25) is 0 Å². The third-order valence-corrected chi connectivity index (χ3v) is 3.62. The van der Waals surface area contributed by atoms with Gasteiger partial charge in [-0.3, -0.25) is 0 Å². The molecule has 2 rings (SSSR count). The maximum Gasteiger partial charge on any atom is 0.0787 e. The number of anilines is 1. The molecule has 0 fully saturated rings. The van der Waals surface area contributed by atoms with E-state index in [4.69, 9.17) is 0 Å². The van der Waals surface area contributed by atoms with E-state index in [1.54, 1.807) is 0 Å². The third kappa shape index (κ3) is 4.31. The molecule has 0 aliphatic heterocycles. The molecule has 0 aliphatic rings. The summed E-state index contributed by atoms with van der Waals surface area (Å²) in [5, 5.41) is 19.1. The first-order valence-electron chi connectivity index (χ1n) is 7.42. The van der Waals surface area contributed by atoms with Crippen LogP contribution >= 0.6 is 0 Å². The zero-order valence-corrected chi connectivity index (χ0v) is 12.4. The van der Waals surface area contributed by atoms with E-state index < -0.39 is 6.10 Å². The van der Waals surface area contributed by atoms with Crippen LogP contribution in [-0.4, -0.2) is 23.4 Å². The van der Waals surface area contributed by atoms with Gasteiger partial charge in [0.05, 0.1) is 12.7 Å². The topological polar surface area (TPSA) is 43.7 Å². The quantitative estimate of drug-likeness (QED) is 0.821. The van der Waals surface area contributed by atoms with Gasteiger partial charge in [-0.05, 0) is 29.7 Å². The second-order valence-electron chi connectivity index (χ2n) is 5.15. The molecule has 0 saturated carbocycles. The minimum atomic E-state index is -0.403. The molecule has 0 amide bonds. The normalized spacial score (nSPS) is 12.1. The van der Waals surface area contributed by atoms with Crippen molar-refractivity contribution >= 4 is 5.69 Å². The van der Waals surface area contributed by atoms with E-state index in [2.05, 4.69) is 17.0 Å². The maximum absolute atomic E-state index is 9.84. The van der Waals surface area contributed by atoms with Gasteiger partial charge in [0.25, 0.3) is 0 Å². The lowest BCUT2D eigenvalue weighted by Crippen LogP contribution is -2.26. The Bertz CT molecular complexity index is 525. The molecule has 0 unspecified atom stereocenters. The van der Waals surface area contributed by atoms with E-state index in [1.165, 1.54) is 5.56 Å². The Balaban J connectivity index is 2.14. The van der Waals surface area contributed by atoms with Gasteiger partial charge in [-0.1, -0.05) is 49.4 Å². The lowest BCUT2D eigenvalue weighted by Gasteiger charge is -2.24. The molecule has 1 atom stereocenters. The fraction of sp³-hybridized carbons (Fsp3) is 0.333. The maximum atomic E-state index is 9.84. The van der Waals surface area contributed by atoms with Crippen molar-refractivity contribution in [2.24, 2.45) is 0 Å². The molecular formula is C18H23NO2. The molecule has 3 heteroatoms. The van der Waals surface area contributed by atoms with E-state index in [9.17, 15) is 10.2 Å². The predicted molar refractivity (Wildman–Crippen MR) is 86.3 cm³/mol. The van der Waals surface area contributed by atoms with Crippen molar-refractivity contribution < 1.29 is 10.2 Å². The lowest BCUT2D eigenvalue weighted by atomic mass is 10.1. The van der Waals surface area contributed by atoms with Crippen LogP contribution in [0.5, 0.6) is 0 Å². The molecule has 112 valence electrons. The molecule has 0 aliphatic carbocycles. The van der Waals surface area contributed by atoms with Crippen molar-refractivity contribution in [3.63, 3.8) is 0 Å². The SMILES string of the molecule is CC[C@@H](O)c1ccc(N(CCO)Cc2ccccc2)cc1. The standard InChI is InChI=1S/C18H23NO2/c1-2-18(21)16-8-10-17(11-9-16)19(12-13-20)14-15-6-4-3-5-7-15/h3-11,18,20-21H,2,12-14H2,1H3/t18-/m1/s1. The zero-order chi connectivity index (χ0) is 15.1. The van der Waals surface area contributed by atoms with Crippen LogP contribution in [0.15, 0.2) is 54.6 Å². The van der Waals surface area contributed by atoms with Crippen molar-refractivity contribution in [3.8, 4) is 0 Å². The zero-order valence-electron chi connectivity index (χ0n) is 12.4. The van der Waals surface area contributed by atoms with Gasteiger partial charge in [-0.2, -0.15) is 0 Å². The predicted octanol–water partition coefficient (Wildman–Crippen LogP) is 3.13. The fourth-order valence-electron chi connectivity index (χ4n) is 2.37. The minimum Gasteiger partial charge on any atom is -0.395 e. The van der Waals surface area contributed by atoms with Gasteiger partial charge in [-0.25, -0.2) is 0 Å². The monoisotopic (exact) mass is 285 g/mol. The van der Waals surface area contributed by atoms with Crippen LogP contribution in [0.1, 0.15) is 30.6 Å². The van der Waals surface area contributed by atoms with E-state index in [1.807, 2.05) is 49.4 Å². The highest BCUT2D eigenvalue weighted by molar-refractivity contribution is 5.48. The molecular weight excluding hydrogens is 262 g/mol. The third-order valence-electron chi connectivity index (χ3n) is 3.62. The Kier molecular flexibility index (Phi) is 5.78. The van der Waals surface area contributed by atoms with Crippen molar-refractivity contribution in [1.82, 2.24) is 0 Å². The molecule has 0 spiro atoms. The summed E-state index contributed by atoms with van der Waals surface area (Å²) in [5.41, 5.74) is 3.20. The molecule has 2 aromatic carbocycles. The van der Waals surface area contributed by atoms with Gasteiger partial charge in [0.15, 0.2) is 0 Å². The summed E-state index contributed by atoms with van der Waals surface area (Å²) in [7, 11) is 0. The van der Waals surface area contributed by atoms with Crippen LogP contribution in [0, 0.1) is 0 Å². The largest absolute Gasteiger partial charge is 0.395 e. The average molecular weight is 285 g/mol. The van der Waals surface area contributed by atoms with Crippen LogP contribution in [0.4, 0.5) is 5.69 Å². The molecule has 0 aromatic heterocycles. The number of aliphatic hydroxyl groups excluding tert-OH is 2. The van der Waals surface area contributed by atoms with Crippen LogP contribution in [0.25, 0.3) is 0 Å². The molecule has 3 nitrogen and oxygen atoms in total. The first-order valence-corrected chi connectivity index (χ1v) is 7.42. The Morgan fingerprint density at radius 2 is 1.67 bits per heavy atom.